The first-order valence-corrected chi connectivity index (χ1v) is 9.24. The highest BCUT2D eigenvalue weighted by atomic mass is 16.6. The summed E-state index contributed by atoms with van der Waals surface area (Å²) < 4.78 is 11.7. The number of hydrogen-bond donors (Lipinski definition) is 1. The smallest absolute Gasteiger partial charge is 0.314 e. The average molecular weight is 320 g/mol. The molecule has 0 aromatic carbocycles. The Kier molecular flexibility index (Phi) is 2.43. The third kappa shape index (κ3) is 1.38. The predicted molar refractivity (Wildman–Crippen MR) is 83.3 cm³/mol. The molecule has 2 bridgehead atoms. The zero-order valence-electron chi connectivity index (χ0n) is 14.6. The summed E-state index contributed by atoms with van der Waals surface area (Å²) in [6.07, 6.45) is 5.08. The normalized spacial score (nSPS) is 62.0. The Balaban J connectivity index is 1.62. The first-order chi connectivity index (χ1) is 10.7. The molecule has 4 heteroatoms. The van der Waals surface area contributed by atoms with Crippen LogP contribution in [0.2, 0.25) is 0 Å². The van der Waals surface area contributed by atoms with Gasteiger partial charge in [-0.25, -0.2) is 0 Å². The standard InChI is InChI=1S/C19H28O4/c1-16(2)11-7-8-19-9-10(18(4)13(19)23-18)5-6-12(19)17(11,3)15(21)22-14(16)20/h10-13,15,21H,5-9H2,1-4H3/t10-,11-,12+,13+,15-,17-,18+,19-/m0/s1. The Morgan fingerprint density at radius 2 is 1.83 bits per heavy atom. The van der Waals surface area contributed by atoms with Crippen molar-refractivity contribution >= 4 is 5.97 Å². The lowest BCUT2D eigenvalue weighted by atomic mass is 9.43. The summed E-state index contributed by atoms with van der Waals surface area (Å²) >= 11 is 0. The molecule has 0 amide bonds. The fourth-order valence-electron chi connectivity index (χ4n) is 7.67. The molecule has 128 valence electrons. The van der Waals surface area contributed by atoms with E-state index >= 15 is 0 Å². The van der Waals surface area contributed by atoms with Gasteiger partial charge in [-0.1, -0.05) is 6.92 Å². The number of aliphatic hydroxyl groups excluding tert-OH is 1. The maximum Gasteiger partial charge on any atom is 0.314 e. The Labute approximate surface area is 137 Å². The van der Waals surface area contributed by atoms with Gasteiger partial charge in [0.2, 0.25) is 6.29 Å². The number of cyclic esters (lactones) is 1. The van der Waals surface area contributed by atoms with Gasteiger partial charge in [0.25, 0.3) is 0 Å². The lowest BCUT2D eigenvalue weighted by Crippen LogP contribution is -2.65. The molecule has 2 saturated heterocycles. The van der Waals surface area contributed by atoms with E-state index in [1.807, 2.05) is 13.8 Å². The fraction of sp³-hybridized carbons (Fsp3) is 0.947. The summed E-state index contributed by atoms with van der Waals surface area (Å²) in [5.74, 6) is 1.02. The zero-order chi connectivity index (χ0) is 16.4. The Morgan fingerprint density at radius 1 is 1.09 bits per heavy atom. The number of carbonyl (C=O) groups is 1. The second kappa shape index (κ2) is 3.80. The summed E-state index contributed by atoms with van der Waals surface area (Å²) in [5.41, 5.74) is -0.579. The van der Waals surface area contributed by atoms with Crippen LogP contribution in [0, 0.1) is 34.0 Å². The van der Waals surface area contributed by atoms with Crippen molar-refractivity contribution in [2.24, 2.45) is 34.0 Å². The van der Waals surface area contributed by atoms with Crippen LogP contribution in [0.1, 0.15) is 59.8 Å². The van der Waals surface area contributed by atoms with Crippen LogP contribution in [0.25, 0.3) is 0 Å². The number of rotatable bonds is 0. The summed E-state index contributed by atoms with van der Waals surface area (Å²) in [6, 6.07) is 0. The minimum absolute atomic E-state index is 0.0871. The number of esters is 1. The lowest BCUT2D eigenvalue weighted by Gasteiger charge is -2.63. The van der Waals surface area contributed by atoms with Gasteiger partial charge in [-0.3, -0.25) is 4.79 Å². The molecule has 0 unspecified atom stereocenters. The molecule has 0 radical (unpaired) electrons. The van der Waals surface area contributed by atoms with Crippen molar-refractivity contribution in [3.8, 4) is 0 Å². The third-order valence-electron chi connectivity index (χ3n) is 8.84. The van der Waals surface area contributed by atoms with Crippen molar-refractivity contribution in [2.45, 2.75) is 77.8 Å². The van der Waals surface area contributed by atoms with E-state index < -0.39 is 11.7 Å². The van der Waals surface area contributed by atoms with Crippen LogP contribution < -0.4 is 0 Å². The number of aliphatic hydroxyl groups is 1. The van der Waals surface area contributed by atoms with Crippen LogP contribution in [-0.2, 0) is 14.3 Å². The molecule has 8 atom stereocenters. The van der Waals surface area contributed by atoms with Crippen LogP contribution in [0.4, 0.5) is 0 Å². The highest BCUT2D eigenvalue weighted by Gasteiger charge is 2.80. The van der Waals surface area contributed by atoms with Gasteiger partial charge in [-0.15, -0.1) is 0 Å². The third-order valence-corrected chi connectivity index (χ3v) is 8.84. The molecule has 1 spiro atoms. The van der Waals surface area contributed by atoms with E-state index in [0.29, 0.717) is 17.9 Å². The molecule has 5 fully saturated rings. The van der Waals surface area contributed by atoms with Gasteiger partial charge in [0.15, 0.2) is 0 Å². The maximum atomic E-state index is 12.4. The Bertz CT molecular complexity index is 600. The van der Waals surface area contributed by atoms with Crippen LogP contribution in [0.15, 0.2) is 0 Å². The number of epoxide rings is 1. The summed E-state index contributed by atoms with van der Waals surface area (Å²) in [5, 5.41) is 10.8. The number of hydrogen-bond acceptors (Lipinski definition) is 4. The van der Waals surface area contributed by atoms with Gasteiger partial charge < -0.3 is 14.6 Å². The predicted octanol–water partition coefficient (Wildman–Crippen LogP) is 2.88. The quantitative estimate of drug-likeness (QED) is 0.551. The van der Waals surface area contributed by atoms with Crippen molar-refractivity contribution < 1.29 is 19.4 Å². The Morgan fingerprint density at radius 3 is 2.57 bits per heavy atom. The number of fused-ring (bicyclic) bond motifs is 5. The molecule has 5 rings (SSSR count). The second-order valence-electron chi connectivity index (χ2n) is 9.88. The molecule has 3 aliphatic carbocycles. The van der Waals surface area contributed by atoms with E-state index in [1.54, 1.807) is 0 Å². The van der Waals surface area contributed by atoms with Gasteiger partial charge in [-0.2, -0.15) is 0 Å². The zero-order valence-corrected chi connectivity index (χ0v) is 14.6. The van der Waals surface area contributed by atoms with Crippen molar-refractivity contribution in [1.82, 2.24) is 0 Å². The molecule has 0 aromatic rings. The van der Waals surface area contributed by atoms with Gasteiger partial charge in [-0.05, 0) is 70.6 Å². The van der Waals surface area contributed by atoms with Crippen molar-refractivity contribution in [3.05, 3.63) is 0 Å². The van der Waals surface area contributed by atoms with E-state index in [1.165, 1.54) is 12.8 Å². The minimum Gasteiger partial charge on any atom is -0.435 e. The molecule has 2 heterocycles. The van der Waals surface area contributed by atoms with Crippen LogP contribution in [0.3, 0.4) is 0 Å². The van der Waals surface area contributed by atoms with Crippen LogP contribution in [-0.4, -0.2) is 29.1 Å². The SMILES string of the molecule is CC1(C)C(=O)O[C@H](O)[C@@]2(C)[C@H]1CC[C@]13C[C@H](CC[C@@H]12)[C@@]1(C)O[C@@H]31. The molecule has 23 heavy (non-hydrogen) atoms. The lowest BCUT2D eigenvalue weighted by molar-refractivity contribution is -0.287. The van der Waals surface area contributed by atoms with Gasteiger partial charge in [0, 0.05) is 10.8 Å². The second-order valence-corrected chi connectivity index (χ2v) is 9.88. The largest absolute Gasteiger partial charge is 0.435 e. The molecule has 2 aliphatic heterocycles. The number of carbonyl (C=O) groups excluding carboxylic acids is 1. The summed E-state index contributed by atoms with van der Waals surface area (Å²) in [7, 11) is 0. The van der Waals surface area contributed by atoms with Crippen LogP contribution >= 0.6 is 0 Å². The molecule has 0 aromatic heterocycles. The molecular formula is C19H28O4. The average Bonchev–Trinajstić information content (AvgIpc) is 3.15. The first-order valence-electron chi connectivity index (χ1n) is 9.24. The van der Waals surface area contributed by atoms with Gasteiger partial charge in [0.1, 0.15) is 0 Å². The molecule has 3 saturated carbocycles. The van der Waals surface area contributed by atoms with Crippen molar-refractivity contribution in [3.63, 3.8) is 0 Å². The maximum absolute atomic E-state index is 12.4. The van der Waals surface area contributed by atoms with E-state index in [4.69, 9.17) is 9.47 Å². The number of ether oxygens (including phenoxy) is 2. The van der Waals surface area contributed by atoms with Crippen LogP contribution in [0.5, 0.6) is 0 Å². The molecule has 4 nitrogen and oxygen atoms in total. The monoisotopic (exact) mass is 320 g/mol. The van der Waals surface area contributed by atoms with Gasteiger partial charge in [0.05, 0.1) is 17.1 Å². The van der Waals surface area contributed by atoms with Crippen molar-refractivity contribution in [2.75, 3.05) is 0 Å². The topological polar surface area (TPSA) is 59.1 Å². The Hall–Kier alpha value is -0.610. The van der Waals surface area contributed by atoms with E-state index in [-0.39, 0.29) is 28.3 Å². The molecular weight excluding hydrogens is 292 g/mol. The van der Waals surface area contributed by atoms with Crippen molar-refractivity contribution in [1.29, 1.82) is 0 Å². The van der Waals surface area contributed by atoms with Gasteiger partial charge >= 0.3 is 5.97 Å². The first kappa shape index (κ1) is 14.7. The van der Waals surface area contributed by atoms with E-state index in [9.17, 15) is 9.90 Å². The fourth-order valence-corrected chi connectivity index (χ4v) is 7.67. The molecule has 5 aliphatic rings. The summed E-state index contributed by atoms with van der Waals surface area (Å²) in [6.45, 7) is 8.47. The highest BCUT2D eigenvalue weighted by Crippen LogP contribution is 2.77. The summed E-state index contributed by atoms with van der Waals surface area (Å²) in [4.78, 5) is 12.4. The molecule has 1 N–H and O–H groups in total. The van der Waals surface area contributed by atoms with E-state index in [0.717, 1.165) is 19.3 Å². The highest BCUT2D eigenvalue weighted by molar-refractivity contribution is 5.77. The minimum atomic E-state index is -0.975. The van der Waals surface area contributed by atoms with E-state index in [2.05, 4.69) is 13.8 Å².